The minimum absolute atomic E-state index is 0.0630. The van der Waals surface area contributed by atoms with Gasteiger partial charge in [0.05, 0.1) is 4.90 Å². The van der Waals surface area contributed by atoms with E-state index in [2.05, 4.69) is 34.1 Å². The van der Waals surface area contributed by atoms with Crippen LogP contribution in [0.4, 0.5) is 0 Å². The fourth-order valence-corrected chi connectivity index (χ4v) is 4.21. The predicted molar refractivity (Wildman–Crippen MR) is 110 cm³/mol. The van der Waals surface area contributed by atoms with Crippen molar-refractivity contribution < 1.29 is 13.2 Å². The van der Waals surface area contributed by atoms with Gasteiger partial charge in [0.15, 0.2) is 0 Å². The molecule has 3 rings (SSSR count). The molecule has 2 aromatic carbocycles. The number of hydrogen-bond donors (Lipinski definition) is 2. The van der Waals surface area contributed by atoms with Crippen molar-refractivity contribution in [3.05, 3.63) is 65.7 Å². The van der Waals surface area contributed by atoms with Gasteiger partial charge in [-0.3, -0.25) is 4.79 Å². The molecule has 1 fully saturated rings. The third-order valence-corrected chi connectivity index (χ3v) is 6.16. The van der Waals surface area contributed by atoms with Crippen LogP contribution in [0, 0.1) is 0 Å². The summed E-state index contributed by atoms with van der Waals surface area (Å²) in [6.07, 6.45) is 2.62. The normalized spacial score (nSPS) is 14.2. The predicted octanol–water partition coefficient (Wildman–Crippen LogP) is 2.38. The zero-order chi connectivity index (χ0) is 20.0. The molecule has 150 valence electrons. The summed E-state index contributed by atoms with van der Waals surface area (Å²) < 4.78 is 26.9. The van der Waals surface area contributed by atoms with Crippen LogP contribution in [-0.2, 0) is 16.6 Å². The molecule has 1 aliphatic rings. The van der Waals surface area contributed by atoms with E-state index in [-0.39, 0.29) is 16.8 Å². The number of nitrogens with one attached hydrogen (secondary N) is 2. The van der Waals surface area contributed by atoms with Crippen LogP contribution in [0.1, 0.15) is 35.2 Å². The highest BCUT2D eigenvalue weighted by atomic mass is 32.2. The number of amides is 1. The molecule has 0 atom stereocenters. The van der Waals surface area contributed by atoms with E-state index in [4.69, 9.17) is 0 Å². The molecule has 1 aliphatic carbocycles. The van der Waals surface area contributed by atoms with Crippen molar-refractivity contribution in [2.75, 3.05) is 20.1 Å². The maximum Gasteiger partial charge on any atom is 0.251 e. The van der Waals surface area contributed by atoms with Gasteiger partial charge in [-0.2, -0.15) is 0 Å². The van der Waals surface area contributed by atoms with Gasteiger partial charge in [0.2, 0.25) is 10.0 Å². The van der Waals surface area contributed by atoms with Gasteiger partial charge in [0.25, 0.3) is 5.91 Å². The Kier molecular flexibility index (Phi) is 6.83. The van der Waals surface area contributed by atoms with Crippen molar-refractivity contribution in [2.45, 2.75) is 36.7 Å². The van der Waals surface area contributed by atoms with Crippen molar-refractivity contribution >= 4 is 15.9 Å². The van der Waals surface area contributed by atoms with Gasteiger partial charge in [-0.05, 0) is 62.7 Å². The van der Waals surface area contributed by atoms with Crippen molar-refractivity contribution in [1.82, 2.24) is 14.9 Å². The van der Waals surface area contributed by atoms with Crippen LogP contribution in [0.2, 0.25) is 0 Å². The van der Waals surface area contributed by atoms with E-state index in [0.717, 1.165) is 32.4 Å². The van der Waals surface area contributed by atoms with Crippen molar-refractivity contribution in [3.8, 4) is 0 Å². The maximum absolute atomic E-state index is 12.2. The van der Waals surface area contributed by atoms with Gasteiger partial charge in [0.1, 0.15) is 0 Å². The Balaban J connectivity index is 1.41. The standard InChI is InChI=1S/C21H27N3O3S/c1-24(16-17-6-3-2-4-7-17)15-5-14-22-21(25)18-8-12-20(13-9-18)28(26,27)23-19-10-11-19/h2-4,6-9,12-13,19,23H,5,10-11,14-16H2,1H3,(H,22,25). The first-order valence-corrected chi connectivity index (χ1v) is 11.1. The molecule has 0 unspecified atom stereocenters. The quantitative estimate of drug-likeness (QED) is 0.599. The Morgan fingerprint density at radius 2 is 1.75 bits per heavy atom. The summed E-state index contributed by atoms with van der Waals surface area (Å²) in [5, 5.41) is 2.89. The molecule has 1 amide bonds. The van der Waals surface area contributed by atoms with E-state index in [9.17, 15) is 13.2 Å². The molecule has 0 aliphatic heterocycles. The summed E-state index contributed by atoms with van der Waals surface area (Å²) in [5.41, 5.74) is 1.73. The van der Waals surface area contributed by atoms with Gasteiger partial charge in [-0.25, -0.2) is 13.1 Å². The minimum Gasteiger partial charge on any atom is -0.352 e. The molecule has 2 aromatic rings. The molecule has 6 nitrogen and oxygen atoms in total. The van der Waals surface area contributed by atoms with Crippen LogP contribution in [-0.4, -0.2) is 45.4 Å². The third kappa shape index (κ3) is 6.15. The number of carbonyl (C=O) groups excluding carboxylic acids is 1. The van der Waals surface area contributed by atoms with Gasteiger partial charge in [-0.1, -0.05) is 30.3 Å². The molecule has 0 heterocycles. The average molecular weight is 402 g/mol. The summed E-state index contributed by atoms with van der Waals surface area (Å²) in [6, 6.07) is 16.4. The molecule has 28 heavy (non-hydrogen) atoms. The van der Waals surface area contributed by atoms with Crippen LogP contribution in [0.3, 0.4) is 0 Å². The number of hydrogen-bond acceptors (Lipinski definition) is 4. The van der Waals surface area contributed by atoms with Gasteiger partial charge in [-0.15, -0.1) is 0 Å². The van der Waals surface area contributed by atoms with Crippen molar-refractivity contribution in [1.29, 1.82) is 0 Å². The lowest BCUT2D eigenvalue weighted by molar-refractivity contribution is 0.0951. The van der Waals surface area contributed by atoms with Crippen molar-refractivity contribution in [2.24, 2.45) is 0 Å². The fraction of sp³-hybridized carbons (Fsp3) is 0.381. The monoisotopic (exact) mass is 401 g/mol. The van der Waals surface area contributed by atoms with Gasteiger partial charge in [0, 0.05) is 24.7 Å². The molecule has 0 bridgehead atoms. The molecule has 0 aromatic heterocycles. The number of nitrogens with zero attached hydrogens (tertiary/aromatic N) is 1. The zero-order valence-corrected chi connectivity index (χ0v) is 16.9. The Bertz CT molecular complexity index is 879. The molecular formula is C21H27N3O3S. The molecule has 0 saturated heterocycles. The van der Waals surface area contributed by atoms with Crippen LogP contribution in [0.15, 0.2) is 59.5 Å². The Morgan fingerprint density at radius 3 is 2.39 bits per heavy atom. The lowest BCUT2D eigenvalue weighted by Crippen LogP contribution is -2.28. The number of rotatable bonds is 10. The molecule has 0 radical (unpaired) electrons. The van der Waals surface area contributed by atoms with Crippen LogP contribution in [0.5, 0.6) is 0 Å². The van der Waals surface area contributed by atoms with E-state index in [1.807, 2.05) is 18.2 Å². The highest BCUT2D eigenvalue weighted by Gasteiger charge is 2.27. The van der Waals surface area contributed by atoms with E-state index >= 15 is 0 Å². The Labute approximate surface area is 167 Å². The second-order valence-corrected chi connectivity index (χ2v) is 8.97. The minimum atomic E-state index is -3.48. The summed E-state index contributed by atoms with van der Waals surface area (Å²) in [6.45, 7) is 2.32. The van der Waals surface area contributed by atoms with Gasteiger partial charge >= 0.3 is 0 Å². The maximum atomic E-state index is 12.2. The first kappa shape index (κ1) is 20.5. The highest BCUT2D eigenvalue weighted by molar-refractivity contribution is 7.89. The number of sulfonamides is 1. The molecule has 2 N–H and O–H groups in total. The zero-order valence-electron chi connectivity index (χ0n) is 16.1. The largest absolute Gasteiger partial charge is 0.352 e. The van der Waals surface area contributed by atoms with E-state index < -0.39 is 10.0 Å². The lowest BCUT2D eigenvalue weighted by atomic mass is 10.2. The van der Waals surface area contributed by atoms with Crippen LogP contribution < -0.4 is 10.0 Å². The molecule has 7 heteroatoms. The summed E-state index contributed by atoms with van der Waals surface area (Å²) in [5.74, 6) is -0.190. The summed E-state index contributed by atoms with van der Waals surface area (Å²) in [4.78, 5) is 14.6. The smallest absolute Gasteiger partial charge is 0.251 e. The number of benzene rings is 2. The Morgan fingerprint density at radius 1 is 1.07 bits per heavy atom. The first-order valence-electron chi connectivity index (χ1n) is 9.57. The third-order valence-electron chi connectivity index (χ3n) is 4.62. The number of carbonyl (C=O) groups is 1. The Hall–Kier alpha value is -2.22. The summed E-state index contributed by atoms with van der Waals surface area (Å²) >= 11 is 0. The first-order chi connectivity index (χ1) is 13.4. The van der Waals surface area contributed by atoms with Crippen molar-refractivity contribution in [3.63, 3.8) is 0 Å². The highest BCUT2D eigenvalue weighted by Crippen LogP contribution is 2.22. The lowest BCUT2D eigenvalue weighted by Gasteiger charge is -2.16. The van der Waals surface area contributed by atoms with E-state index in [1.54, 1.807) is 12.1 Å². The second-order valence-electron chi connectivity index (χ2n) is 7.25. The summed E-state index contributed by atoms with van der Waals surface area (Å²) in [7, 11) is -1.42. The fourth-order valence-electron chi connectivity index (χ4n) is 2.90. The van der Waals surface area contributed by atoms with Crippen LogP contribution >= 0.6 is 0 Å². The molecular weight excluding hydrogens is 374 g/mol. The average Bonchev–Trinajstić information content (AvgIpc) is 3.49. The SMILES string of the molecule is CN(CCCNC(=O)c1ccc(S(=O)(=O)NC2CC2)cc1)Cc1ccccc1. The molecule has 1 saturated carbocycles. The van der Waals surface area contributed by atoms with E-state index in [1.165, 1.54) is 17.7 Å². The second kappa shape index (κ2) is 9.32. The van der Waals surface area contributed by atoms with E-state index in [0.29, 0.717) is 12.1 Å². The molecule has 0 spiro atoms. The topological polar surface area (TPSA) is 78.5 Å². The van der Waals surface area contributed by atoms with Crippen LogP contribution in [0.25, 0.3) is 0 Å². The van der Waals surface area contributed by atoms with Gasteiger partial charge < -0.3 is 10.2 Å².